The van der Waals surface area contributed by atoms with E-state index in [2.05, 4.69) is 15.4 Å². The highest BCUT2D eigenvalue weighted by Gasteiger charge is 2.18. The Morgan fingerprint density at radius 1 is 1.45 bits per heavy atom. The number of aromatic nitrogens is 2. The van der Waals surface area contributed by atoms with Gasteiger partial charge in [0.05, 0.1) is 12.4 Å². The fourth-order valence-corrected chi connectivity index (χ4v) is 1.76. The average molecular weight is 275 g/mol. The molecule has 0 radical (unpaired) electrons. The molecule has 1 aromatic carbocycles. The molecule has 2 aromatic rings. The van der Waals surface area contributed by atoms with Crippen LogP contribution in [0.15, 0.2) is 36.7 Å². The maximum absolute atomic E-state index is 13.3. The predicted molar refractivity (Wildman–Crippen MR) is 73.6 cm³/mol. The summed E-state index contributed by atoms with van der Waals surface area (Å²) in [4.78, 5) is 21.7. The van der Waals surface area contributed by atoms with Crippen molar-refractivity contribution in [2.75, 3.05) is 16.9 Å². The van der Waals surface area contributed by atoms with Crippen LogP contribution in [-0.2, 0) is 0 Å². The molecule has 0 aliphatic rings. The molecular weight excluding hydrogens is 261 g/mol. The summed E-state index contributed by atoms with van der Waals surface area (Å²) in [7, 11) is 0. The summed E-state index contributed by atoms with van der Waals surface area (Å²) in [5.74, 6) is 4.74. The first kappa shape index (κ1) is 13.9. The van der Waals surface area contributed by atoms with E-state index in [1.807, 2.05) is 0 Å². The standard InChI is InChI=1S/C13H14FN5O/c1-2-19(10-5-3-4-9(14)6-10)13(20)11-7-16-8-12(17-11)18-15/h3-8H,2,15H2,1H3,(H,17,18). The number of amides is 1. The second-order valence-electron chi connectivity index (χ2n) is 3.96. The van der Waals surface area contributed by atoms with Gasteiger partial charge in [0.2, 0.25) is 0 Å². The molecular formula is C13H14FN5O. The lowest BCUT2D eigenvalue weighted by molar-refractivity contribution is 0.0983. The molecule has 0 bridgehead atoms. The van der Waals surface area contributed by atoms with Crippen LogP contribution in [0.2, 0.25) is 0 Å². The topological polar surface area (TPSA) is 84.1 Å². The number of benzene rings is 1. The molecule has 3 N–H and O–H groups in total. The van der Waals surface area contributed by atoms with Crippen LogP contribution in [-0.4, -0.2) is 22.4 Å². The molecule has 0 unspecified atom stereocenters. The third-order valence-electron chi connectivity index (χ3n) is 2.68. The Hall–Kier alpha value is -2.54. The van der Waals surface area contributed by atoms with Crippen LogP contribution in [0.4, 0.5) is 15.9 Å². The second kappa shape index (κ2) is 6.07. The number of carbonyl (C=O) groups excluding carboxylic acids is 1. The van der Waals surface area contributed by atoms with Crippen molar-refractivity contribution in [3.05, 3.63) is 48.2 Å². The van der Waals surface area contributed by atoms with E-state index in [-0.39, 0.29) is 17.4 Å². The van der Waals surface area contributed by atoms with Gasteiger partial charge in [-0.05, 0) is 25.1 Å². The number of hydrazine groups is 1. The number of nitrogen functional groups attached to an aromatic ring is 1. The Balaban J connectivity index is 2.33. The number of rotatable bonds is 4. The zero-order valence-electron chi connectivity index (χ0n) is 10.9. The van der Waals surface area contributed by atoms with Crippen LogP contribution in [0.5, 0.6) is 0 Å². The van der Waals surface area contributed by atoms with E-state index >= 15 is 0 Å². The summed E-state index contributed by atoms with van der Waals surface area (Å²) in [5.41, 5.74) is 2.92. The van der Waals surface area contributed by atoms with Crippen molar-refractivity contribution in [3.8, 4) is 0 Å². The zero-order chi connectivity index (χ0) is 14.5. The summed E-state index contributed by atoms with van der Waals surface area (Å²) >= 11 is 0. The first-order valence-electron chi connectivity index (χ1n) is 6.01. The minimum absolute atomic E-state index is 0.131. The van der Waals surface area contributed by atoms with Crippen molar-refractivity contribution in [1.29, 1.82) is 0 Å². The van der Waals surface area contributed by atoms with Gasteiger partial charge in [0.15, 0.2) is 5.82 Å². The van der Waals surface area contributed by atoms with Crippen molar-refractivity contribution in [2.45, 2.75) is 6.92 Å². The van der Waals surface area contributed by atoms with E-state index in [1.165, 1.54) is 29.4 Å². The van der Waals surface area contributed by atoms with E-state index in [4.69, 9.17) is 5.84 Å². The summed E-state index contributed by atoms with van der Waals surface area (Å²) in [6.45, 7) is 2.17. The first-order chi connectivity index (χ1) is 9.65. The van der Waals surface area contributed by atoms with E-state index in [0.29, 0.717) is 12.2 Å². The Labute approximate surface area is 115 Å². The zero-order valence-corrected chi connectivity index (χ0v) is 10.9. The van der Waals surface area contributed by atoms with Crippen molar-refractivity contribution in [2.24, 2.45) is 5.84 Å². The average Bonchev–Trinajstić information content (AvgIpc) is 2.48. The third kappa shape index (κ3) is 2.89. The Kier molecular flexibility index (Phi) is 4.21. The highest BCUT2D eigenvalue weighted by molar-refractivity contribution is 6.04. The molecule has 0 spiro atoms. The molecule has 1 amide bonds. The molecule has 104 valence electrons. The molecule has 2 rings (SSSR count). The Morgan fingerprint density at radius 3 is 2.90 bits per heavy atom. The number of carbonyl (C=O) groups is 1. The molecule has 0 aliphatic carbocycles. The Morgan fingerprint density at radius 2 is 2.25 bits per heavy atom. The number of nitrogens with zero attached hydrogens (tertiary/aromatic N) is 3. The number of nitrogens with one attached hydrogen (secondary N) is 1. The van der Waals surface area contributed by atoms with E-state index < -0.39 is 5.82 Å². The van der Waals surface area contributed by atoms with E-state index in [0.717, 1.165) is 0 Å². The molecule has 1 heterocycles. The lowest BCUT2D eigenvalue weighted by Gasteiger charge is -2.20. The smallest absolute Gasteiger partial charge is 0.278 e. The fourth-order valence-electron chi connectivity index (χ4n) is 1.76. The van der Waals surface area contributed by atoms with Gasteiger partial charge in [0, 0.05) is 12.2 Å². The summed E-state index contributed by atoms with van der Waals surface area (Å²) in [6.07, 6.45) is 2.74. The van der Waals surface area contributed by atoms with Gasteiger partial charge >= 0.3 is 0 Å². The van der Waals surface area contributed by atoms with Gasteiger partial charge < -0.3 is 10.3 Å². The summed E-state index contributed by atoms with van der Waals surface area (Å²) in [5, 5.41) is 0. The Bertz CT molecular complexity index is 619. The van der Waals surface area contributed by atoms with Crippen molar-refractivity contribution in [3.63, 3.8) is 0 Å². The number of anilines is 2. The van der Waals surface area contributed by atoms with E-state index in [1.54, 1.807) is 19.1 Å². The number of hydrogen-bond acceptors (Lipinski definition) is 5. The van der Waals surface area contributed by atoms with Gasteiger partial charge in [-0.2, -0.15) is 0 Å². The normalized spacial score (nSPS) is 10.2. The van der Waals surface area contributed by atoms with Gasteiger partial charge in [-0.15, -0.1) is 0 Å². The molecule has 6 nitrogen and oxygen atoms in total. The largest absolute Gasteiger partial charge is 0.307 e. The minimum atomic E-state index is -0.405. The fraction of sp³-hybridized carbons (Fsp3) is 0.154. The van der Waals surface area contributed by atoms with Gasteiger partial charge in [0.25, 0.3) is 5.91 Å². The summed E-state index contributed by atoms with van der Waals surface area (Å²) in [6, 6.07) is 5.81. The molecule has 20 heavy (non-hydrogen) atoms. The molecule has 0 aliphatic heterocycles. The molecule has 0 atom stereocenters. The van der Waals surface area contributed by atoms with Crippen LogP contribution in [0, 0.1) is 5.82 Å². The molecule has 0 fully saturated rings. The molecule has 0 saturated heterocycles. The number of halogens is 1. The van der Waals surface area contributed by atoms with Crippen molar-refractivity contribution in [1.82, 2.24) is 9.97 Å². The van der Waals surface area contributed by atoms with Crippen LogP contribution in [0.25, 0.3) is 0 Å². The third-order valence-corrected chi connectivity index (χ3v) is 2.68. The SMILES string of the molecule is CCN(C(=O)c1cncc(NN)n1)c1cccc(F)c1. The van der Waals surface area contributed by atoms with E-state index in [9.17, 15) is 9.18 Å². The van der Waals surface area contributed by atoms with Crippen LogP contribution < -0.4 is 16.2 Å². The van der Waals surface area contributed by atoms with Gasteiger partial charge in [-0.3, -0.25) is 9.78 Å². The highest BCUT2D eigenvalue weighted by atomic mass is 19.1. The molecule has 0 saturated carbocycles. The second-order valence-corrected chi connectivity index (χ2v) is 3.96. The lowest BCUT2D eigenvalue weighted by Crippen LogP contribution is -2.31. The molecule has 7 heteroatoms. The summed E-state index contributed by atoms with van der Waals surface area (Å²) < 4.78 is 13.3. The number of nitrogens with two attached hydrogens (primary N) is 1. The predicted octanol–water partition coefficient (Wildman–Crippen LogP) is 1.57. The van der Waals surface area contributed by atoms with Gasteiger partial charge in [0.1, 0.15) is 11.5 Å². The van der Waals surface area contributed by atoms with Gasteiger partial charge in [-0.25, -0.2) is 15.2 Å². The van der Waals surface area contributed by atoms with Crippen LogP contribution in [0.1, 0.15) is 17.4 Å². The van der Waals surface area contributed by atoms with Gasteiger partial charge in [-0.1, -0.05) is 6.07 Å². The lowest BCUT2D eigenvalue weighted by atomic mass is 10.2. The highest BCUT2D eigenvalue weighted by Crippen LogP contribution is 2.17. The number of hydrogen-bond donors (Lipinski definition) is 2. The van der Waals surface area contributed by atoms with Crippen molar-refractivity contribution < 1.29 is 9.18 Å². The van der Waals surface area contributed by atoms with Crippen molar-refractivity contribution >= 4 is 17.4 Å². The maximum Gasteiger partial charge on any atom is 0.278 e. The van der Waals surface area contributed by atoms with Crippen LogP contribution in [0.3, 0.4) is 0 Å². The quantitative estimate of drug-likeness (QED) is 0.653. The first-order valence-corrected chi connectivity index (χ1v) is 6.01. The molecule has 1 aromatic heterocycles. The minimum Gasteiger partial charge on any atom is -0.307 e. The monoisotopic (exact) mass is 275 g/mol. The maximum atomic E-state index is 13.3. The van der Waals surface area contributed by atoms with Crippen LogP contribution >= 0.6 is 0 Å².